The van der Waals surface area contributed by atoms with E-state index in [4.69, 9.17) is 11.6 Å². The van der Waals surface area contributed by atoms with E-state index < -0.39 is 10.0 Å². The Labute approximate surface area is 101 Å². The van der Waals surface area contributed by atoms with Crippen LogP contribution in [0.5, 0.6) is 0 Å². The minimum absolute atomic E-state index is 0.0353. The van der Waals surface area contributed by atoms with Gasteiger partial charge in [0.2, 0.25) is 10.0 Å². The van der Waals surface area contributed by atoms with E-state index in [1.807, 2.05) is 6.07 Å². The van der Waals surface area contributed by atoms with Crippen molar-refractivity contribution in [2.45, 2.75) is 18.7 Å². The molecule has 6 heteroatoms. The first-order valence-corrected chi connectivity index (χ1v) is 7.10. The first kappa shape index (κ1) is 13.4. The van der Waals surface area contributed by atoms with Crippen molar-refractivity contribution in [1.29, 1.82) is 0 Å². The molecule has 4 nitrogen and oxygen atoms in total. The second kappa shape index (κ2) is 6.18. The molecule has 16 heavy (non-hydrogen) atoms. The second-order valence-corrected chi connectivity index (χ2v) is 6.19. The molecule has 0 aliphatic heterocycles. The smallest absolute Gasteiger partial charge is 0.212 e. The SMILES string of the molecule is CC(Cl)CNS(=O)(=O)CCc1ccccn1. The third-order valence-corrected chi connectivity index (χ3v) is 3.44. The quantitative estimate of drug-likeness (QED) is 0.783. The van der Waals surface area contributed by atoms with E-state index in [9.17, 15) is 8.42 Å². The van der Waals surface area contributed by atoms with Gasteiger partial charge in [0, 0.05) is 30.2 Å². The van der Waals surface area contributed by atoms with Gasteiger partial charge in [-0.1, -0.05) is 6.07 Å². The maximum absolute atomic E-state index is 11.5. The minimum Gasteiger partial charge on any atom is -0.261 e. The topological polar surface area (TPSA) is 59.1 Å². The van der Waals surface area contributed by atoms with Crippen molar-refractivity contribution in [2.24, 2.45) is 0 Å². The molecule has 0 aromatic carbocycles. The molecule has 90 valence electrons. The maximum Gasteiger partial charge on any atom is 0.212 e. The van der Waals surface area contributed by atoms with Crippen LogP contribution in [0.1, 0.15) is 12.6 Å². The van der Waals surface area contributed by atoms with Gasteiger partial charge in [-0.15, -0.1) is 11.6 Å². The first-order valence-electron chi connectivity index (χ1n) is 5.01. The van der Waals surface area contributed by atoms with Crippen LogP contribution in [0.4, 0.5) is 0 Å². The van der Waals surface area contributed by atoms with Crippen molar-refractivity contribution in [3.8, 4) is 0 Å². The Hall–Kier alpha value is -0.650. The molecular formula is C10H15ClN2O2S. The van der Waals surface area contributed by atoms with E-state index in [2.05, 4.69) is 9.71 Å². The number of nitrogens with zero attached hydrogens (tertiary/aromatic N) is 1. The van der Waals surface area contributed by atoms with Gasteiger partial charge in [0.25, 0.3) is 0 Å². The van der Waals surface area contributed by atoms with Crippen LogP contribution in [0.3, 0.4) is 0 Å². The third-order valence-electron chi connectivity index (χ3n) is 1.94. The zero-order chi connectivity index (χ0) is 12.0. The number of rotatable bonds is 6. The minimum atomic E-state index is -3.25. The molecule has 0 spiro atoms. The summed E-state index contributed by atoms with van der Waals surface area (Å²) in [6, 6.07) is 5.44. The van der Waals surface area contributed by atoms with Crippen LogP contribution in [-0.2, 0) is 16.4 Å². The predicted octanol–water partition coefficient (Wildman–Crippen LogP) is 1.17. The van der Waals surface area contributed by atoms with Gasteiger partial charge in [0.15, 0.2) is 0 Å². The van der Waals surface area contributed by atoms with E-state index in [1.54, 1.807) is 25.3 Å². The molecule has 0 saturated carbocycles. The fourth-order valence-electron chi connectivity index (χ4n) is 1.10. The molecule has 0 fully saturated rings. The molecular weight excluding hydrogens is 248 g/mol. The van der Waals surface area contributed by atoms with E-state index in [0.29, 0.717) is 6.42 Å². The summed E-state index contributed by atoms with van der Waals surface area (Å²) in [4.78, 5) is 4.06. The average Bonchev–Trinajstić information content (AvgIpc) is 2.26. The van der Waals surface area contributed by atoms with Gasteiger partial charge < -0.3 is 0 Å². The van der Waals surface area contributed by atoms with Gasteiger partial charge in [-0.2, -0.15) is 0 Å². The first-order chi connectivity index (χ1) is 7.49. The molecule has 1 rings (SSSR count). The number of aryl methyl sites for hydroxylation is 1. The van der Waals surface area contributed by atoms with E-state index in [-0.39, 0.29) is 17.7 Å². The van der Waals surface area contributed by atoms with Crippen molar-refractivity contribution >= 4 is 21.6 Å². The van der Waals surface area contributed by atoms with Gasteiger partial charge in [-0.05, 0) is 19.1 Å². The van der Waals surface area contributed by atoms with E-state index in [1.165, 1.54) is 0 Å². The highest BCUT2D eigenvalue weighted by Crippen LogP contribution is 1.98. The van der Waals surface area contributed by atoms with Crippen molar-refractivity contribution in [1.82, 2.24) is 9.71 Å². The molecule has 1 atom stereocenters. The lowest BCUT2D eigenvalue weighted by Gasteiger charge is -2.07. The molecule has 1 aromatic heterocycles. The highest BCUT2D eigenvalue weighted by molar-refractivity contribution is 7.89. The molecule has 1 heterocycles. The molecule has 0 saturated heterocycles. The van der Waals surface area contributed by atoms with Crippen molar-refractivity contribution in [3.63, 3.8) is 0 Å². The summed E-state index contributed by atoms with van der Waals surface area (Å²) < 4.78 is 25.5. The zero-order valence-corrected chi connectivity index (χ0v) is 10.6. The summed E-state index contributed by atoms with van der Waals surface area (Å²) in [5.41, 5.74) is 0.770. The number of hydrogen-bond donors (Lipinski definition) is 1. The highest BCUT2D eigenvalue weighted by atomic mass is 35.5. The summed E-state index contributed by atoms with van der Waals surface area (Å²) in [5.74, 6) is 0.0353. The molecule has 0 amide bonds. The molecule has 0 bridgehead atoms. The summed E-state index contributed by atoms with van der Waals surface area (Å²) in [7, 11) is -3.25. The van der Waals surface area contributed by atoms with Gasteiger partial charge >= 0.3 is 0 Å². The van der Waals surface area contributed by atoms with Crippen LogP contribution >= 0.6 is 11.6 Å². The fourth-order valence-corrected chi connectivity index (χ4v) is 2.39. The third kappa shape index (κ3) is 5.44. The van der Waals surface area contributed by atoms with Crippen LogP contribution in [0, 0.1) is 0 Å². The Morgan fingerprint density at radius 2 is 2.25 bits per heavy atom. The lowest BCUT2D eigenvalue weighted by Crippen LogP contribution is -2.31. The van der Waals surface area contributed by atoms with Crippen LogP contribution in [0.15, 0.2) is 24.4 Å². The number of alkyl halides is 1. The Morgan fingerprint density at radius 3 is 2.81 bits per heavy atom. The van der Waals surface area contributed by atoms with Crippen molar-refractivity contribution in [3.05, 3.63) is 30.1 Å². The van der Waals surface area contributed by atoms with Crippen molar-refractivity contribution < 1.29 is 8.42 Å². The molecule has 0 aliphatic carbocycles. The number of sulfonamides is 1. The summed E-state index contributed by atoms with van der Waals surface area (Å²) in [5, 5.41) is -0.204. The van der Waals surface area contributed by atoms with E-state index in [0.717, 1.165) is 5.69 Å². The maximum atomic E-state index is 11.5. The second-order valence-electron chi connectivity index (χ2n) is 3.52. The average molecular weight is 263 g/mol. The van der Waals surface area contributed by atoms with Crippen LogP contribution in [0.25, 0.3) is 0 Å². The molecule has 1 unspecified atom stereocenters. The van der Waals surface area contributed by atoms with Gasteiger partial charge in [-0.3, -0.25) is 4.98 Å². The van der Waals surface area contributed by atoms with Gasteiger partial charge in [0.05, 0.1) is 5.75 Å². The summed E-state index contributed by atoms with van der Waals surface area (Å²) in [6.07, 6.45) is 2.06. The number of halogens is 1. The van der Waals surface area contributed by atoms with Crippen molar-refractivity contribution in [2.75, 3.05) is 12.3 Å². The largest absolute Gasteiger partial charge is 0.261 e. The molecule has 0 aliphatic rings. The summed E-state index contributed by atoms with van der Waals surface area (Å²) >= 11 is 5.66. The monoisotopic (exact) mass is 262 g/mol. The van der Waals surface area contributed by atoms with Gasteiger partial charge in [-0.25, -0.2) is 13.1 Å². The molecule has 0 radical (unpaired) electrons. The van der Waals surface area contributed by atoms with Gasteiger partial charge in [0.1, 0.15) is 0 Å². The number of hydrogen-bond acceptors (Lipinski definition) is 3. The Kier molecular flexibility index (Phi) is 5.18. The standard InChI is InChI=1S/C10H15ClN2O2S/c1-9(11)8-13-16(14,15)7-5-10-4-2-3-6-12-10/h2-4,6,9,13H,5,7-8H2,1H3. The number of pyridine rings is 1. The van der Waals surface area contributed by atoms with Crippen LogP contribution in [-0.4, -0.2) is 31.1 Å². The van der Waals surface area contributed by atoms with E-state index >= 15 is 0 Å². The summed E-state index contributed by atoms with van der Waals surface area (Å²) in [6.45, 7) is 1.99. The predicted molar refractivity (Wildman–Crippen MR) is 65.0 cm³/mol. The number of aromatic nitrogens is 1. The fraction of sp³-hybridized carbons (Fsp3) is 0.500. The van der Waals surface area contributed by atoms with Crippen LogP contribution < -0.4 is 4.72 Å². The zero-order valence-electron chi connectivity index (χ0n) is 9.06. The molecule has 1 N–H and O–H groups in total. The molecule has 1 aromatic rings. The normalized spacial score (nSPS) is 13.6. The highest BCUT2D eigenvalue weighted by Gasteiger charge is 2.11. The lowest BCUT2D eigenvalue weighted by atomic mass is 10.3. The van der Waals surface area contributed by atoms with Crippen LogP contribution in [0.2, 0.25) is 0 Å². The Morgan fingerprint density at radius 1 is 1.50 bits per heavy atom. The number of nitrogens with one attached hydrogen (secondary N) is 1. The Bertz CT molecular complexity index is 406. The Balaban J connectivity index is 2.42. The lowest BCUT2D eigenvalue weighted by molar-refractivity contribution is 0.580.